The van der Waals surface area contributed by atoms with Crippen LogP contribution >= 0.6 is 22.9 Å². The van der Waals surface area contributed by atoms with Crippen molar-refractivity contribution in [3.63, 3.8) is 0 Å². The number of para-hydroxylation sites is 1. The number of rotatable bonds is 4. The van der Waals surface area contributed by atoms with Crippen LogP contribution in [0.2, 0.25) is 5.02 Å². The minimum Gasteiger partial charge on any atom is -0.495 e. The first-order valence-corrected chi connectivity index (χ1v) is 8.99. The van der Waals surface area contributed by atoms with Gasteiger partial charge in [0, 0.05) is 16.3 Å². The van der Waals surface area contributed by atoms with Gasteiger partial charge in [-0.05, 0) is 30.3 Å². The average Bonchev–Trinajstić information content (AvgIpc) is 3.28. The Balaban J connectivity index is 1.54. The molecule has 0 spiro atoms. The van der Waals surface area contributed by atoms with Crippen LogP contribution in [-0.4, -0.2) is 18.0 Å². The minimum atomic E-state index is -0.338. The van der Waals surface area contributed by atoms with E-state index in [4.69, 9.17) is 20.8 Å². The van der Waals surface area contributed by atoms with Gasteiger partial charge in [-0.25, -0.2) is 4.98 Å². The molecule has 7 heteroatoms. The molecule has 0 saturated carbocycles. The topological polar surface area (TPSA) is 64.4 Å². The summed E-state index contributed by atoms with van der Waals surface area (Å²) in [4.78, 5) is 16.8. The number of halogens is 1. The molecule has 0 aliphatic carbocycles. The number of methoxy groups -OCH3 is 1. The number of ether oxygens (including phenoxy) is 1. The van der Waals surface area contributed by atoms with E-state index in [1.807, 2.05) is 35.7 Å². The lowest BCUT2D eigenvalue weighted by atomic mass is 10.2. The zero-order valence-corrected chi connectivity index (χ0v) is 15.2. The molecule has 1 N–H and O–H groups in total. The summed E-state index contributed by atoms with van der Waals surface area (Å²) in [6.45, 7) is 0. The van der Waals surface area contributed by atoms with E-state index in [1.165, 1.54) is 11.3 Å². The van der Waals surface area contributed by atoms with Crippen molar-refractivity contribution < 1.29 is 13.9 Å². The maximum atomic E-state index is 12.4. The smallest absolute Gasteiger partial charge is 0.293 e. The van der Waals surface area contributed by atoms with E-state index >= 15 is 0 Å². The lowest BCUT2D eigenvalue weighted by Gasteiger charge is -2.04. The van der Waals surface area contributed by atoms with Crippen LogP contribution in [0.5, 0.6) is 5.75 Å². The Morgan fingerprint density at radius 1 is 1.23 bits per heavy atom. The number of furan rings is 1. The average molecular weight is 385 g/mol. The van der Waals surface area contributed by atoms with Crippen LogP contribution in [0, 0.1) is 0 Å². The van der Waals surface area contributed by atoms with Crippen molar-refractivity contribution in [2.75, 3.05) is 12.4 Å². The maximum absolute atomic E-state index is 12.4. The summed E-state index contributed by atoms with van der Waals surface area (Å²) in [7, 11) is 1.56. The number of carbonyl (C=O) groups excluding carboxylic acids is 1. The van der Waals surface area contributed by atoms with Crippen LogP contribution in [0.1, 0.15) is 10.6 Å². The lowest BCUT2D eigenvalue weighted by Crippen LogP contribution is -2.10. The maximum Gasteiger partial charge on any atom is 0.293 e. The van der Waals surface area contributed by atoms with Gasteiger partial charge in [0.2, 0.25) is 0 Å². The van der Waals surface area contributed by atoms with Crippen molar-refractivity contribution in [1.29, 1.82) is 0 Å². The van der Waals surface area contributed by atoms with Gasteiger partial charge in [0.1, 0.15) is 11.3 Å². The van der Waals surface area contributed by atoms with Gasteiger partial charge in [0.15, 0.2) is 10.9 Å². The summed E-state index contributed by atoms with van der Waals surface area (Å²) >= 11 is 7.49. The summed E-state index contributed by atoms with van der Waals surface area (Å²) < 4.78 is 10.7. The van der Waals surface area contributed by atoms with Gasteiger partial charge in [-0.1, -0.05) is 29.8 Å². The number of fused-ring (bicyclic) bond motifs is 1. The van der Waals surface area contributed by atoms with Gasteiger partial charge in [0.05, 0.1) is 17.8 Å². The van der Waals surface area contributed by atoms with E-state index in [2.05, 4.69) is 10.3 Å². The molecule has 2 aromatic heterocycles. The Bertz CT molecular complexity index is 1070. The second-order valence-electron chi connectivity index (χ2n) is 5.49. The molecular weight excluding hydrogens is 372 g/mol. The third kappa shape index (κ3) is 3.16. The minimum absolute atomic E-state index is 0.246. The highest BCUT2D eigenvalue weighted by Crippen LogP contribution is 2.32. The number of anilines is 1. The molecule has 5 nitrogen and oxygen atoms in total. The fourth-order valence-corrected chi connectivity index (χ4v) is 3.51. The Morgan fingerprint density at radius 2 is 2.08 bits per heavy atom. The third-order valence-electron chi connectivity index (χ3n) is 3.82. The highest BCUT2D eigenvalue weighted by molar-refractivity contribution is 7.14. The third-order valence-corrected chi connectivity index (χ3v) is 4.87. The predicted molar refractivity (Wildman–Crippen MR) is 103 cm³/mol. The van der Waals surface area contributed by atoms with E-state index in [0.29, 0.717) is 21.5 Å². The first-order valence-electron chi connectivity index (χ1n) is 7.73. The number of benzene rings is 2. The van der Waals surface area contributed by atoms with E-state index in [0.717, 1.165) is 16.6 Å². The first-order chi connectivity index (χ1) is 12.6. The van der Waals surface area contributed by atoms with E-state index in [-0.39, 0.29) is 11.7 Å². The van der Waals surface area contributed by atoms with E-state index in [9.17, 15) is 4.79 Å². The fourth-order valence-electron chi connectivity index (χ4n) is 2.54. The van der Waals surface area contributed by atoms with Crippen molar-refractivity contribution in [3.8, 4) is 17.0 Å². The quantitative estimate of drug-likeness (QED) is 0.506. The fraction of sp³-hybridized carbons (Fsp3) is 0.0526. The predicted octanol–water partition coefficient (Wildman–Crippen LogP) is 5.47. The lowest BCUT2D eigenvalue weighted by molar-refractivity contribution is 0.0998. The summed E-state index contributed by atoms with van der Waals surface area (Å²) in [5, 5.41) is 6.49. The molecule has 0 radical (unpaired) electrons. The SMILES string of the molecule is COc1ccc(-c2csc(NC(=O)c3cc4ccccc4o3)n2)cc1Cl. The Labute approximate surface area is 158 Å². The standard InChI is InChI=1S/C19H13ClN2O3S/c1-24-16-7-6-11(8-13(16)20)14-10-26-19(21-14)22-18(23)17-9-12-4-2-3-5-15(12)25-17/h2-10H,1H3,(H,21,22,23). The molecular formula is C19H13ClN2O3S. The number of hydrogen-bond donors (Lipinski definition) is 1. The van der Waals surface area contributed by atoms with Crippen molar-refractivity contribution in [1.82, 2.24) is 4.98 Å². The summed E-state index contributed by atoms with van der Waals surface area (Å²) in [5.41, 5.74) is 2.24. The van der Waals surface area contributed by atoms with Gasteiger partial charge in [-0.3, -0.25) is 10.1 Å². The zero-order chi connectivity index (χ0) is 18.1. The number of thiazole rings is 1. The van der Waals surface area contributed by atoms with Gasteiger partial charge < -0.3 is 9.15 Å². The summed E-state index contributed by atoms with van der Waals surface area (Å²) in [6, 6.07) is 14.6. The van der Waals surface area contributed by atoms with Crippen molar-refractivity contribution >= 4 is 44.9 Å². The van der Waals surface area contributed by atoms with Gasteiger partial charge in [-0.2, -0.15) is 0 Å². The molecule has 2 aromatic carbocycles. The molecule has 26 heavy (non-hydrogen) atoms. The van der Waals surface area contributed by atoms with Gasteiger partial charge in [-0.15, -0.1) is 11.3 Å². The van der Waals surface area contributed by atoms with Crippen LogP contribution in [0.25, 0.3) is 22.2 Å². The number of carbonyl (C=O) groups is 1. The van der Waals surface area contributed by atoms with Gasteiger partial charge in [0.25, 0.3) is 5.91 Å². The number of nitrogens with one attached hydrogen (secondary N) is 1. The highest BCUT2D eigenvalue weighted by Gasteiger charge is 2.15. The molecule has 0 atom stereocenters. The van der Waals surface area contributed by atoms with Gasteiger partial charge >= 0.3 is 0 Å². The molecule has 1 amide bonds. The van der Waals surface area contributed by atoms with Crippen LogP contribution < -0.4 is 10.1 Å². The Morgan fingerprint density at radius 3 is 2.85 bits per heavy atom. The number of amides is 1. The van der Waals surface area contributed by atoms with Crippen molar-refractivity contribution in [2.45, 2.75) is 0 Å². The molecule has 0 aliphatic rings. The molecule has 0 saturated heterocycles. The van der Waals surface area contributed by atoms with Crippen LogP contribution in [-0.2, 0) is 0 Å². The largest absolute Gasteiger partial charge is 0.495 e. The van der Waals surface area contributed by atoms with Crippen LogP contribution in [0.4, 0.5) is 5.13 Å². The number of hydrogen-bond acceptors (Lipinski definition) is 5. The van der Waals surface area contributed by atoms with E-state index in [1.54, 1.807) is 25.3 Å². The van der Waals surface area contributed by atoms with E-state index < -0.39 is 0 Å². The molecule has 130 valence electrons. The molecule has 2 heterocycles. The summed E-state index contributed by atoms with van der Waals surface area (Å²) in [5.74, 6) is 0.509. The second kappa shape index (κ2) is 6.82. The van der Waals surface area contributed by atoms with Crippen molar-refractivity contribution in [2.24, 2.45) is 0 Å². The number of aromatic nitrogens is 1. The first kappa shape index (κ1) is 16.6. The second-order valence-corrected chi connectivity index (χ2v) is 6.76. The number of nitrogens with zero attached hydrogens (tertiary/aromatic N) is 1. The molecule has 0 fully saturated rings. The highest BCUT2D eigenvalue weighted by atomic mass is 35.5. The summed E-state index contributed by atoms with van der Waals surface area (Å²) in [6.07, 6.45) is 0. The Hall–Kier alpha value is -2.83. The zero-order valence-electron chi connectivity index (χ0n) is 13.7. The van der Waals surface area contributed by atoms with Crippen LogP contribution in [0.3, 0.4) is 0 Å². The molecule has 4 aromatic rings. The van der Waals surface area contributed by atoms with Crippen LogP contribution in [0.15, 0.2) is 58.3 Å². The Kier molecular flexibility index (Phi) is 4.36. The molecule has 0 bridgehead atoms. The monoisotopic (exact) mass is 384 g/mol. The van der Waals surface area contributed by atoms with Crippen molar-refractivity contribution in [3.05, 3.63) is 64.7 Å². The molecule has 4 rings (SSSR count). The normalized spacial score (nSPS) is 10.8. The molecule has 0 aliphatic heterocycles. The molecule has 0 unspecified atom stereocenters.